The number of nitrogens with one attached hydrogen (secondary N) is 2. The third kappa shape index (κ3) is 3.84. The third-order valence-corrected chi connectivity index (χ3v) is 4.44. The highest BCUT2D eigenvalue weighted by molar-refractivity contribution is 9.10. The summed E-state index contributed by atoms with van der Waals surface area (Å²) in [5.74, 6) is 1.52. The van der Waals surface area contributed by atoms with Gasteiger partial charge in [-0.3, -0.25) is 0 Å². The Kier molecular flexibility index (Phi) is 4.28. The Morgan fingerprint density at radius 2 is 1.80 bits per heavy atom. The Hall–Kier alpha value is -0.840. The number of halogens is 1. The van der Waals surface area contributed by atoms with Gasteiger partial charge >= 0.3 is 0 Å². The number of hydrogen-bond donors (Lipinski definition) is 2. The van der Waals surface area contributed by atoms with Gasteiger partial charge in [0.15, 0.2) is 0 Å². The standard InChI is InChI=1S/C15H25BrN4/c1-14(2)6-10(7-15(3,4)9-14)19-12-11(16)8-18-13(17-5)20-12/h8,10H,6-7,9H2,1-5H3,(H2,17,18,19,20). The van der Waals surface area contributed by atoms with Gasteiger partial charge in [0, 0.05) is 19.3 Å². The van der Waals surface area contributed by atoms with Crippen LogP contribution in [0, 0.1) is 10.8 Å². The van der Waals surface area contributed by atoms with Gasteiger partial charge in [-0.1, -0.05) is 27.7 Å². The first-order chi connectivity index (χ1) is 9.21. The highest BCUT2D eigenvalue weighted by Gasteiger charge is 2.38. The van der Waals surface area contributed by atoms with Crippen LogP contribution in [-0.4, -0.2) is 23.1 Å². The van der Waals surface area contributed by atoms with Crippen molar-refractivity contribution in [2.75, 3.05) is 17.7 Å². The molecule has 0 spiro atoms. The first kappa shape index (κ1) is 15.5. The molecular weight excluding hydrogens is 316 g/mol. The highest BCUT2D eigenvalue weighted by Crippen LogP contribution is 2.46. The van der Waals surface area contributed by atoms with Crippen LogP contribution in [0.5, 0.6) is 0 Å². The van der Waals surface area contributed by atoms with E-state index in [1.807, 2.05) is 7.05 Å². The summed E-state index contributed by atoms with van der Waals surface area (Å²) in [6, 6.07) is 0.449. The molecule has 0 radical (unpaired) electrons. The molecule has 1 aliphatic carbocycles. The van der Waals surface area contributed by atoms with Gasteiger partial charge in [-0.05, 0) is 46.0 Å². The molecule has 0 aromatic carbocycles. The largest absolute Gasteiger partial charge is 0.366 e. The SMILES string of the molecule is CNc1ncc(Br)c(NC2CC(C)(C)CC(C)(C)C2)n1. The Morgan fingerprint density at radius 3 is 2.35 bits per heavy atom. The quantitative estimate of drug-likeness (QED) is 0.861. The summed E-state index contributed by atoms with van der Waals surface area (Å²) >= 11 is 3.53. The Morgan fingerprint density at radius 1 is 1.20 bits per heavy atom. The molecule has 1 aromatic heterocycles. The molecule has 0 bridgehead atoms. The van der Waals surface area contributed by atoms with E-state index < -0.39 is 0 Å². The van der Waals surface area contributed by atoms with Crippen molar-refractivity contribution < 1.29 is 0 Å². The minimum absolute atomic E-state index is 0.366. The van der Waals surface area contributed by atoms with Crippen LogP contribution in [0.1, 0.15) is 47.0 Å². The van der Waals surface area contributed by atoms with E-state index in [9.17, 15) is 0 Å². The molecule has 20 heavy (non-hydrogen) atoms. The first-order valence-corrected chi connectivity index (χ1v) is 7.97. The van der Waals surface area contributed by atoms with Crippen LogP contribution < -0.4 is 10.6 Å². The minimum Gasteiger partial charge on any atom is -0.366 e. The highest BCUT2D eigenvalue weighted by atomic mass is 79.9. The molecule has 0 atom stereocenters. The average Bonchev–Trinajstić information content (AvgIpc) is 2.28. The molecule has 0 amide bonds. The zero-order valence-electron chi connectivity index (χ0n) is 13.0. The zero-order valence-corrected chi connectivity index (χ0v) is 14.6. The van der Waals surface area contributed by atoms with Gasteiger partial charge in [-0.15, -0.1) is 0 Å². The summed E-state index contributed by atoms with van der Waals surface area (Å²) in [7, 11) is 1.83. The molecule has 2 rings (SSSR count). The smallest absolute Gasteiger partial charge is 0.224 e. The molecule has 1 heterocycles. The second-order valence-corrected chi connectivity index (χ2v) is 8.25. The van der Waals surface area contributed by atoms with E-state index in [1.165, 1.54) is 19.3 Å². The second-order valence-electron chi connectivity index (χ2n) is 7.39. The Labute approximate surface area is 130 Å². The molecule has 1 fully saturated rings. The molecule has 0 aliphatic heterocycles. The van der Waals surface area contributed by atoms with Crippen molar-refractivity contribution in [1.82, 2.24) is 9.97 Å². The lowest BCUT2D eigenvalue weighted by atomic mass is 9.63. The third-order valence-electron chi connectivity index (χ3n) is 3.86. The van der Waals surface area contributed by atoms with Crippen molar-refractivity contribution in [2.24, 2.45) is 10.8 Å². The van der Waals surface area contributed by atoms with Crippen LogP contribution in [0.4, 0.5) is 11.8 Å². The van der Waals surface area contributed by atoms with E-state index in [1.54, 1.807) is 6.20 Å². The average molecular weight is 341 g/mol. The Bertz CT molecular complexity index is 469. The lowest BCUT2D eigenvalue weighted by Gasteiger charge is -2.45. The van der Waals surface area contributed by atoms with Crippen LogP contribution >= 0.6 is 15.9 Å². The van der Waals surface area contributed by atoms with Gasteiger partial charge < -0.3 is 10.6 Å². The van der Waals surface area contributed by atoms with Gasteiger partial charge in [-0.2, -0.15) is 4.98 Å². The molecule has 0 saturated heterocycles. The molecule has 4 nitrogen and oxygen atoms in total. The molecule has 0 unspecified atom stereocenters. The van der Waals surface area contributed by atoms with E-state index >= 15 is 0 Å². The topological polar surface area (TPSA) is 49.8 Å². The molecule has 1 aromatic rings. The van der Waals surface area contributed by atoms with Gasteiger partial charge in [0.1, 0.15) is 5.82 Å². The first-order valence-electron chi connectivity index (χ1n) is 7.18. The number of anilines is 2. The second kappa shape index (κ2) is 5.51. The number of aromatic nitrogens is 2. The van der Waals surface area contributed by atoms with Gasteiger partial charge in [0.05, 0.1) is 4.47 Å². The van der Waals surface area contributed by atoms with Crippen LogP contribution in [0.25, 0.3) is 0 Å². The van der Waals surface area contributed by atoms with Gasteiger partial charge in [0.25, 0.3) is 0 Å². The summed E-state index contributed by atoms with van der Waals surface area (Å²) < 4.78 is 0.915. The number of hydrogen-bond acceptors (Lipinski definition) is 4. The Balaban J connectivity index is 2.17. The molecule has 1 aliphatic rings. The normalized spacial score (nSPS) is 21.5. The fourth-order valence-corrected chi connectivity index (χ4v) is 4.04. The summed E-state index contributed by atoms with van der Waals surface area (Å²) in [6.45, 7) is 9.43. The summed E-state index contributed by atoms with van der Waals surface area (Å²) in [6.07, 6.45) is 5.40. The van der Waals surface area contributed by atoms with Crippen LogP contribution in [0.3, 0.4) is 0 Å². The molecule has 2 N–H and O–H groups in total. The predicted molar refractivity (Wildman–Crippen MR) is 88.1 cm³/mol. The van der Waals surface area contributed by atoms with Crippen LogP contribution in [0.2, 0.25) is 0 Å². The summed E-state index contributed by atoms with van der Waals surface area (Å²) in [5, 5.41) is 6.58. The van der Waals surface area contributed by atoms with Crippen LogP contribution in [0.15, 0.2) is 10.7 Å². The zero-order chi connectivity index (χ0) is 15.0. The summed E-state index contributed by atoms with van der Waals surface area (Å²) in [4.78, 5) is 8.70. The number of nitrogens with zero attached hydrogens (tertiary/aromatic N) is 2. The van der Waals surface area contributed by atoms with Crippen molar-refractivity contribution in [3.05, 3.63) is 10.7 Å². The van der Waals surface area contributed by atoms with Crippen molar-refractivity contribution >= 4 is 27.7 Å². The molecule has 5 heteroatoms. The summed E-state index contributed by atoms with van der Waals surface area (Å²) in [5.41, 5.74) is 0.732. The van der Waals surface area contributed by atoms with Gasteiger partial charge in [0.2, 0.25) is 5.95 Å². The van der Waals surface area contributed by atoms with Crippen molar-refractivity contribution in [2.45, 2.75) is 53.0 Å². The van der Waals surface area contributed by atoms with Crippen molar-refractivity contribution in [3.63, 3.8) is 0 Å². The van der Waals surface area contributed by atoms with Crippen LogP contribution in [-0.2, 0) is 0 Å². The minimum atomic E-state index is 0.366. The number of rotatable bonds is 3. The van der Waals surface area contributed by atoms with E-state index in [-0.39, 0.29) is 0 Å². The fraction of sp³-hybridized carbons (Fsp3) is 0.733. The van der Waals surface area contributed by atoms with Gasteiger partial charge in [-0.25, -0.2) is 4.98 Å². The molecular formula is C15H25BrN4. The van der Waals surface area contributed by atoms with E-state index in [4.69, 9.17) is 0 Å². The maximum Gasteiger partial charge on any atom is 0.224 e. The lowest BCUT2D eigenvalue weighted by Crippen LogP contribution is -2.40. The maximum atomic E-state index is 4.50. The van der Waals surface area contributed by atoms with E-state index in [0.29, 0.717) is 22.8 Å². The maximum absolute atomic E-state index is 4.50. The van der Waals surface area contributed by atoms with E-state index in [2.05, 4.69) is 64.2 Å². The lowest BCUT2D eigenvalue weighted by molar-refractivity contribution is 0.105. The molecule has 112 valence electrons. The fourth-order valence-electron chi connectivity index (χ4n) is 3.73. The van der Waals surface area contributed by atoms with E-state index in [0.717, 1.165) is 10.3 Å². The monoisotopic (exact) mass is 340 g/mol. The van der Waals surface area contributed by atoms with Crippen molar-refractivity contribution in [3.8, 4) is 0 Å². The molecule has 1 saturated carbocycles. The predicted octanol–water partition coefficient (Wildman–Crippen LogP) is 4.30. The van der Waals surface area contributed by atoms with Crippen molar-refractivity contribution in [1.29, 1.82) is 0 Å².